The molecule has 2 aliphatic carbocycles. The van der Waals surface area contributed by atoms with E-state index in [1.165, 1.54) is 12.1 Å². The van der Waals surface area contributed by atoms with E-state index in [4.69, 9.17) is 23.2 Å². The van der Waals surface area contributed by atoms with Crippen molar-refractivity contribution < 1.29 is 9.72 Å². The van der Waals surface area contributed by atoms with Crippen LogP contribution in [0.25, 0.3) is 0 Å². The van der Waals surface area contributed by atoms with Crippen LogP contribution in [0.4, 0.5) is 5.69 Å². The lowest BCUT2D eigenvalue weighted by molar-refractivity contribution is -0.384. The van der Waals surface area contributed by atoms with Crippen molar-refractivity contribution in [3.05, 3.63) is 37.9 Å². The molecular formula is C14H14Cl2N2O3. The molecule has 1 aromatic rings. The Labute approximate surface area is 132 Å². The molecular weight excluding hydrogens is 315 g/mol. The van der Waals surface area contributed by atoms with Crippen LogP contribution in [0.15, 0.2) is 12.1 Å². The van der Waals surface area contributed by atoms with Gasteiger partial charge in [0.2, 0.25) is 0 Å². The van der Waals surface area contributed by atoms with Gasteiger partial charge in [0.05, 0.1) is 9.95 Å². The zero-order valence-corrected chi connectivity index (χ0v) is 12.7. The Bertz CT molecular complexity index is 612. The monoisotopic (exact) mass is 328 g/mol. The summed E-state index contributed by atoms with van der Waals surface area (Å²) in [6.45, 7) is 0.734. The van der Waals surface area contributed by atoms with E-state index in [2.05, 4.69) is 0 Å². The maximum atomic E-state index is 12.6. The van der Waals surface area contributed by atoms with E-state index in [-0.39, 0.29) is 33.2 Å². The zero-order chi connectivity index (χ0) is 15.1. The molecule has 5 nitrogen and oxygen atoms in total. The van der Waals surface area contributed by atoms with E-state index in [0.717, 1.165) is 32.2 Å². The van der Waals surface area contributed by atoms with Crippen molar-refractivity contribution in [3.63, 3.8) is 0 Å². The molecule has 2 fully saturated rings. The highest BCUT2D eigenvalue weighted by atomic mass is 35.5. The SMILES string of the molecule is O=C(c1cc(Cl)c(Cl)c([N+](=O)[O-])c1)N(CC1CC1)C1CC1. The smallest absolute Gasteiger partial charge is 0.290 e. The lowest BCUT2D eigenvalue weighted by Gasteiger charge is -2.22. The van der Waals surface area contributed by atoms with Gasteiger partial charge in [-0.25, -0.2) is 0 Å². The molecule has 21 heavy (non-hydrogen) atoms. The van der Waals surface area contributed by atoms with Crippen molar-refractivity contribution in [2.24, 2.45) is 5.92 Å². The summed E-state index contributed by atoms with van der Waals surface area (Å²) in [5.74, 6) is 0.387. The minimum Gasteiger partial charge on any atom is -0.335 e. The summed E-state index contributed by atoms with van der Waals surface area (Å²) < 4.78 is 0. The summed E-state index contributed by atoms with van der Waals surface area (Å²) in [7, 11) is 0. The lowest BCUT2D eigenvalue weighted by atomic mass is 10.1. The maximum absolute atomic E-state index is 12.6. The van der Waals surface area contributed by atoms with Gasteiger partial charge in [-0.1, -0.05) is 23.2 Å². The third kappa shape index (κ3) is 3.14. The first kappa shape index (κ1) is 14.6. The van der Waals surface area contributed by atoms with Crippen molar-refractivity contribution in [2.45, 2.75) is 31.7 Å². The standard InChI is InChI=1S/C14H14Cl2N2O3/c15-11-5-9(6-12(13(11)16)18(20)21)14(19)17(10-3-4-10)7-8-1-2-8/h5-6,8,10H,1-4,7H2. The second-order valence-electron chi connectivity index (χ2n) is 5.68. The number of benzene rings is 1. The van der Waals surface area contributed by atoms with Gasteiger partial charge >= 0.3 is 0 Å². The van der Waals surface area contributed by atoms with Crippen LogP contribution < -0.4 is 0 Å². The number of nitro benzene ring substituents is 1. The fourth-order valence-electron chi connectivity index (χ4n) is 2.36. The molecule has 1 aromatic carbocycles. The molecule has 0 unspecified atom stereocenters. The van der Waals surface area contributed by atoms with Gasteiger partial charge in [0.15, 0.2) is 0 Å². The predicted octanol–water partition coefficient (Wildman–Crippen LogP) is 3.92. The van der Waals surface area contributed by atoms with E-state index in [9.17, 15) is 14.9 Å². The molecule has 0 spiro atoms. The van der Waals surface area contributed by atoms with Crippen LogP contribution in [0.1, 0.15) is 36.0 Å². The first-order valence-corrected chi connectivity index (χ1v) is 7.67. The molecule has 0 aliphatic heterocycles. The molecule has 112 valence electrons. The Balaban J connectivity index is 1.90. The molecule has 0 bridgehead atoms. The highest BCUT2D eigenvalue weighted by Crippen LogP contribution is 2.37. The minimum atomic E-state index is -0.618. The minimum absolute atomic E-state index is 0.0383. The van der Waals surface area contributed by atoms with Gasteiger partial charge in [-0.3, -0.25) is 14.9 Å². The number of amides is 1. The van der Waals surface area contributed by atoms with Gasteiger partial charge < -0.3 is 4.90 Å². The Hall–Kier alpha value is -1.33. The van der Waals surface area contributed by atoms with Crippen molar-refractivity contribution in [2.75, 3.05) is 6.54 Å². The van der Waals surface area contributed by atoms with Crippen molar-refractivity contribution in [3.8, 4) is 0 Å². The number of nitro groups is 1. The molecule has 0 heterocycles. The Morgan fingerprint density at radius 3 is 2.48 bits per heavy atom. The predicted molar refractivity (Wildman–Crippen MR) is 79.9 cm³/mol. The first-order chi connectivity index (χ1) is 9.97. The van der Waals surface area contributed by atoms with Gasteiger partial charge in [0.25, 0.3) is 11.6 Å². The Morgan fingerprint density at radius 2 is 1.95 bits per heavy atom. The summed E-state index contributed by atoms with van der Waals surface area (Å²) >= 11 is 11.7. The van der Waals surface area contributed by atoms with Gasteiger partial charge in [0.1, 0.15) is 5.02 Å². The number of rotatable bonds is 5. The van der Waals surface area contributed by atoms with E-state index in [1.54, 1.807) is 0 Å². The molecule has 3 rings (SSSR count). The van der Waals surface area contributed by atoms with Gasteiger partial charge in [-0.2, -0.15) is 0 Å². The van der Waals surface area contributed by atoms with Crippen LogP contribution in [0.3, 0.4) is 0 Å². The number of nitrogens with zero attached hydrogens (tertiary/aromatic N) is 2. The molecule has 0 radical (unpaired) electrons. The normalized spacial score (nSPS) is 17.6. The lowest BCUT2D eigenvalue weighted by Crippen LogP contribution is -2.35. The second kappa shape index (κ2) is 5.46. The summed E-state index contributed by atoms with van der Waals surface area (Å²) in [4.78, 5) is 24.8. The summed E-state index contributed by atoms with van der Waals surface area (Å²) in [5, 5.41) is 10.9. The fourth-order valence-corrected chi connectivity index (χ4v) is 2.75. The highest BCUT2D eigenvalue weighted by molar-refractivity contribution is 6.43. The molecule has 2 aliphatic rings. The van der Waals surface area contributed by atoms with Crippen LogP contribution in [0, 0.1) is 16.0 Å². The largest absolute Gasteiger partial charge is 0.335 e. The zero-order valence-electron chi connectivity index (χ0n) is 11.2. The first-order valence-electron chi connectivity index (χ1n) is 6.91. The summed E-state index contributed by atoms with van der Waals surface area (Å²) in [6.07, 6.45) is 4.31. The third-order valence-corrected chi connectivity index (χ3v) is 4.65. The fraction of sp³-hybridized carbons (Fsp3) is 0.500. The number of halogens is 2. The number of hydrogen-bond acceptors (Lipinski definition) is 3. The van der Waals surface area contributed by atoms with Gasteiger partial charge in [0, 0.05) is 24.2 Å². The topological polar surface area (TPSA) is 63.4 Å². The number of carbonyl (C=O) groups is 1. The van der Waals surface area contributed by atoms with Crippen LogP contribution in [-0.4, -0.2) is 28.3 Å². The molecule has 7 heteroatoms. The van der Waals surface area contributed by atoms with Crippen molar-refractivity contribution in [1.82, 2.24) is 4.90 Å². The average Bonchev–Trinajstić information content (AvgIpc) is 3.30. The number of carbonyl (C=O) groups excluding carboxylic acids is 1. The molecule has 0 atom stereocenters. The maximum Gasteiger partial charge on any atom is 0.290 e. The van der Waals surface area contributed by atoms with E-state index >= 15 is 0 Å². The molecule has 1 amide bonds. The summed E-state index contributed by atoms with van der Waals surface area (Å²) in [5.41, 5.74) is -0.0849. The van der Waals surface area contributed by atoms with E-state index < -0.39 is 4.92 Å². The van der Waals surface area contributed by atoms with Crippen LogP contribution in [-0.2, 0) is 0 Å². The highest BCUT2D eigenvalue weighted by Gasteiger charge is 2.37. The molecule has 0 saturated heterocycles. The summed E-state index contributed by atoms with van der Waals surface area (Å²) in [6, 6.07) is 2.91. The van der Waals surface area contributed by atoms with Gasteiger partial charge in [-0.05, 0) is 37.7 Å². The average molecular weight is 329 g/mol. The van der Waals surface area contributed by atoms with Crippen LogP contribution in [0.5, 0.6) is 0 Å². The second-order valence-corrected chi connectivity index (χ2v) is 6.47. The van der Waals surface area contributed by atoms with Gasteiger partial charge in [-0.15, -0.1) is 0 Å². The third-order valence-electron chi connectivity index (χ3n) is 3.85. The van der Waals surface area contributed by atoms with Crippen LogP contribution in [0.2, 0.25) is 10.0 Å². The van der Waals surface area contributed by atoms with Crippen molar-refractivity contribution in [1.29, 1.82) is 0 Å². The number of hydrogen-bond donors (Lipinski definition) is 0. The molecule has 0 aromatic heterocycles. The van der Waals surface area contributed by atoms with Crippen LogP contribution >= 0.6 is 23.2 Å². The Morgan fingerprint density at radius 1 is 1.29 bits per heavy atom. The molecule has 2 saturated carbocycles. The van der Waals surface area contributed by atoms with E-state index in [0.29, 0.717) is 5.92 Å². The van der Waals surface area contributed by atoms with E-state index in [1.807, 2.05) is 4.90 Å². The Kier molecular flexibility index (Phi) is 3.80. The van der Waals surface area contributed by atoms with Crippen molar-refractivity contribution >= 4 is 34.8 Å². The molecule has 0 N–H and O–H groups in total. The quantitative estimate of drug-likeness (QED) is 0.607.